The fourth-order valence-electron chi connectivity index (χ4n) is 3.52. The van der Waals surface area contributed by atoms with Gasteiger partial charge < -0.3 is 14.5 Å². The fraction of sp³-hybridized carbons (Fsp3) is 0.955. The Bertz CT molecular complexity index is 328. The molecule has 0 atom stereocenters. The second kappa shape index (κ2) is 16.6. The molecule has 154 valence electrons. The Kier molecular flexibility index (Phi) is 14.9. The summed E-state index contributed by atoms with van der Waals surface area (Å²) in [5.74, 6) is -0.0213. The SMILES string of the molecule is CCCCCCCCCCCCCCOC(=O)CCN1CCN(C)CC1. The fourth-order valence-corrected chi connectivity index (χ4v) is 3.52. The molecule has 4 heteroatoms. The molecule has 0 saturated carbocycles. The number of likely N-dealkylation sites (N-methyl/N-ethyl adjacent to an activating group) is 1. The van der Waals surface area contributed by atoms with Crippen molar-refractivity contribution in [1.82, 2.24) is 9.80 Å². The second-order valence-electron chi connectivity index (χ2n) is 8.00. The van der Waals surface area contributed by atoms with E-state index in [9.17, 15) is 4.79 Å². The van der Waals surface area contributed by atoms with E-state index in [1.54, 1.807) is 0 Å². The summed E-state index contributed by atoms with van der Waals surface area (Å²) in [6.07, 6.45) is 16.6. The number of hydrogen-bond acceptors (Lipinski definition) is 4. The van der Waals surface area contributed by atoms with Crippen molar-refractivity contribution in [2.45, 2.75) is 90.4 Å². The van der Waals surface area contributed by atoms with Crippen molar-refractivity contribution in [3.63, 3.8) is 0 Å². The van der Waals surface area contributed by atoms with Crippen molar-refractivity contribution < 1.29 is 9.53 Å². The molecule has 0 aromatic rings. The number of carbonyl (C=O) groups is 1. The summed E-state index contributed by atoms with van der Waals surface area (Å²) >= 11 is 0. The number of ether oxygens (including phenoxy) is 1. The van der Waals surface area contributed by atoms with E-state index in [0.717, 1.165) is 39.1 Å². The van der Waals surface area contributed by atoms with Gasteiger partial charge in [0.2, 0.25) is 0 Å². The normalized spacial score (nSPS) is 16.1. The maximum absolute atomic E-state index is 11.8. The zero-order chi connectivity index (χ0) is 18.9. The number of esters is 1. The van der Waals surface area contributed by atoms with E-state index in [0.29, 0.717) is 13.0 Å². The van der Waals surface area contributed by atoms with Gasteiger partial charge >= 0.3 is 5.97 Å². The third-order valence-corrected chi connectivity index (χ3v) is 5.49. The lowest BCUT2D eigenvalue weighted by Gasteiger charge is -2.31. The molecule has 26 heavy (non-hydrogen) atoms. The van der Waals surface area contributed by atoms with E-state index < -0.39 is 0 Å². The van der Waals surface area contributed by atoms with Gasteiger partial charge in [0.15, 0.2) is 0 Å². The summed E-state index contributed by atoms with van der Waals surface area (Å²) in [7, 11) is 2.15. The largest absolute Gasteiger partial charge is 0.466 e. The first-order valence-electron chi connectivity index (χ1n) is 11.3. The molecule has 0 aromatic carbocycles. The summed E-state index contributed by atoms with van der Waals surface area (Å²) in [5, 5.41) is 0. The zero-order valence-corrected chi connectivity index (χ0v) is 17.6. The Balaban J connectivity index is 1.77. The molecule has 4 nitrogen and oxygen atoms in total. The van der Waals surface area contributed by atoms with Crippen LogP contribution in [0.1, 0.15) is 90.4 Å². The Morgan fingerprint density at radius 1 is 0.769 bits per heavy atom. The maximum Gasteiger partial charge on any atom is 0.307 e. The van der Waals surface area contributed by atoms with E-state index in [1.165, 1.54) is 70.6 Å². The van der Waals surface area contributed by atoms with Crippen LogP contribution >= 0.6 is 0 Å². The lowest BCUT2D eigenvalue weighted by molar-refractivity contribution is -0.144. The number of piperazine rings is 1. The molecule has 0 aromatic heterocycles. The Morgan fingerprint density at radius 2 is 1.27 bits per heavy atom. The third kappa shape index (κ3) is 13.6. The smallest absolute Gasteiger partial charge is 0.307 e. The van der Waals surface area contributed by atoms with Gasteiger partial charge in [-0.15, -0.1) is 0 Å². The van der Waals surface area contributed by atoms with Crippen molar-refractivity contribution in [3.05, 3.63) is 0 Å². The van der Waals surface area contributed by atoms with Gasteiger partial charge in [-0.1, -0.05) is 77.6 Å². The molecule has 0 bridgehead atoms. The summed E-state index contributed by atoms with van der Waals surface area (Å²) in [6.45, 7) is 8.09. The molecule has 1 aliphatic rings. The van der Waals surface area contributed by atoms with E-state index in [4.69, 9.17) is 4.74 Å². The molecular weight excluding hydrogens is 324 g/mol. The number of rotatable bonds is 16. The van der Waals surface area contributed by atoms with Crippen LogP contribution in [-0.2, 0) is 9.53 Å². The van der Waals surface area contributed by atoms with Crippen LogP contribution in [0.2, 0.25) is 0 Å². The van der Waals surface area contributed by atoms with Crippen LogP contribution in [0.15, 0.2) is 0 Å². The maximum atomic E-state index is 11.8. The first-order valence-corrected chi connectivity index (χ1v) is 11.3. The average Bonchev–Trinajstić information content (AvgIpc) is 2.65. The average molecular weight is 369 g/mol. The number of carbonyl (C=O) groups excluding carboxylic acids is 1. The minimum absolute atomic E-state index is 0.0213. The highest BCUT2D eigenvalue weighted by Crippen LogP contribution is 2.12. The van der Waals surface area contributed by atoms with Crippen LogP contribution in [0.5, 0.6) is 0 Å². The molecule has 1 fully saturated rings. The Hall–Kier alpha value is -0.610. The van der Waals surface area contributed by atoms with Gasteiger partial charge in [-0.3, -0.25) is 4.79 Å². The molecule has 1 aliphatic heterocycles. The molecule has 0 amide bonds. The second-order valence-corrected chi connectivity index (χ2v) is 8.00. The Labute approximate surface area is 162 Å². The summed E-state index contributed by atoms with van der Waals surface area (Å²) in [6, 6.07) is 0. The van der Waals surface area contributed by atoms with Gasteiger partial charge in [0, 0.05) is 32.7 Å². The van der Waals surface area contributed by atoms with Gasteiger partial charge in [0.1, 0.15) is 0 Å². The monoisotopic (exact) mass is 368 g/mol. The molecule has 0 spiro atoms. The van der Waals surface area contributed by atoms with Crippen LogP contribution in [0, 0.1) is 0 Å². The number of nitrogens with zero attached hydrogens (tertiary/aromatic N) is 2. The summed E-state index contributed by atoms with van der Waals surface area (Å²) in [4.78, 5) is 16.5. The standard InChI is InChI=1S/C22H44N2O2/c1-3-4-5-6-7-8-9-10-11-12-13-14-21-26-22(25)15-16-24-19-17-23(2)18-20-24/h3-21H2,1-2H3. The topological polar surface area (TPSA) is 32.8 Å². The molecule has 0 radical (unpaired) electrons. The minimum atomic E-state index is -0.0213. The molecular formula is C22H44N2O2. The summed E-state index contributed by atoms with van der Waals surface area (Å²) in [5.41, 5.74) is 0. The van der Waals surface area contributed by atoms with Gasteiger partial charge in [0.05, 0.1) is 13.0 Å². The highest BCUT2D eigenvalue weighted by molar-refractivity contribution is 5.69. The van der Waals surface area contributed by atoms with Gasteiger partial charge in [-0.2, -0.15) is 0 Å². The van der Waals surface area contributed by atoms with Crippen molar-refractivity contribution in [1.29, 1.82) is 0 Å². The first kappa shape index (κ1) is 23.4. The van der Waals surface area contributed by atoms with E-state index >= 15 is 0 Å². The van der Waals surface area contributed by atoms with Crippen LogP contribution in [0.25, 0.3) is 0 Å². The third-order valence-electron chi connectivity index (χ3n) is 5.49. The van der Waals surface area contributed by atoms with Crippen LogP contribution in [0.4, 0.5) is 0 Å². The lowest BCUT2D eigenvalue weighted by Crippen LogP contribution is -2.45. The Morgan fingerprint density at radius 3 is 1.81 bits per heavy atom. The van der Waals surface area contributed by atoms with Crippen molar-refractivity contribution >= 4 is 5.97 Å². The predicted molar refractivity (Wildman–Crippen MR) is 111 cm³/mol. The highest BCUT2D eigenvalue weighted by atomic mass is 16.5. The molecule has 1 heterocycles. The lowest BCUT2D eigenvalue weighted by atomic mass is 10.1. The molecule has 0 N–H and O–H groups in total. The minimum Gasteiger partial charge on any atom is -0.466 e. The summed E-state index contributed by atoms with van der Waals surface area (Å²) < 4.78 is 5.37. The number of hydrogen-bond donors (Lipinski definition) is 0. The van der Waals surface area contributed by atoms with Gasteiger partial charge in [-0.25, -0.2) is 0 Å². The quantitative estimate of drug-likeness (QED) is 0.287. The predicted octanol–water partition coefficient (Wildman–Crippen LogP) is 4.87. The van der Waals surface area contributed by atoms with Gasteiger partial charge in [0.25, 0.3) is 0 Å². The number of unbranched alkanes of at least 4 members (excludes halogenated alkanes) is 11. The van der Waals surface area contributed by atoms with E-state index in [2.05, 4.69) is 23.8 Å². The van der Waals surface area contributed by atoms with Crippen LogP contribution in [-0.4, -0.2) is 62.1 Å². The van der Waals surface area contributed by atoms with Crippen LogP contribution in [0.3, 0.4) is 0 Å². The highest BCUT2D eigenvalue weighted by Gasteiger charge is 2.14. The first-order chi connectivity index (χ1) is 12.7. The van der Waals surface area contributed by atoms with Crippen LogP contribution < -0.4 is 0 Å². The van der Waals surface area contributed by atoms with Crippen molar-refractivity contribution in [3.8, 4) is 0 Å². The zero-order valence-electron chi connectivity index (χ0n) is 17.6. The van der Waals surface area contributed by atoms with Crippen molar-refractivity contribution in [2.75, 3.05) is 46.4 Å². The van der Waals surface area contributed by atoms with E-state index in [1.807, 2.05) is 0 Å². The van der Waals surface area contributed by atoms with Crippen molar-refractivity contribution in [2.24, 2.45) is 0 Å². The molecule has 1 rings (SSSR count). The molecule has 0 aliphatic carbocycles. The van der Waals surface area contributed by atoms with E-state index in [-0.39, 0.29) is 5.97 Å². The molecule has 1 saturated heterocycles. The van der Waals surface area contributed by atoms with Gasteiger partial charge in [-0.05, 0) is 13.5 Å². The molecule has 0 unspecified atom stereocenters.